The first-order valence-corrected chi connectivity index (χ1v) is 23.5. The van der Waals surface area contributed by atoms with Crippen LogP contribution >= 0.6 is 34.8 Å². The average molecular weight is 849 g/mol. The largest absolute Gasteiger partial charge is 0 e. The zero-order valence-electron chi connectivity index (χ0n) is 23.5. The van der Waals surface area contributed by atoms with Crippen molar-refractivity contribution in [3.8, 4) is 0 Å². The molecule has 0 aliphatic carbocycles. The molecule has 0 N–H and O–H groups in total. The number of rotatable bonds is 8. The van der Waals surface area contributed by atoms with Crippen LogP contribution in [-0.2, 0) is 19.5 Å². The molecule has 223 valence electrons. The van der Waals surface area contributed by atoms with Gasteiger partial charge < -0.3 is 0 Å². The monoisotopic (exact) mass is 847 g/mol. The number of hydrogen-bond acceptors (Lipinski definition) is 1. The van der Waals surface area contributed by atoms with Crippen LogP contribution in [0.5, 0.6) is 0 Å². The molecule has 0 fully saturated rings. The predicted molar refractivity (Wildman–Crippen MR) is 191 cm³/mol. The molecule has 0 amide bonds. The number of carbonyl (C=O) groups is 1. The van der Waals surface area contributed by atoms with Crippen LogP contribution in [0.2, 0.25) is 15.1 Å². The summed E-state index contributed by atoms with van der Waals surface area (Å²) in [4.78, 5) is 16.7. The van der Waals surface area contributed by atoms with Crippen LogP contribution in [0.4, 0.5) is 4.79 Å². The van der Waals surface area contributed by atoms with E-state index in [9.17, 15) is 0 Å². The Morgan fingerprint density at radius 3 is 1.00 bits per heavy atom. The van der Waals surface area contributed by atoms with Crippen molar-refractivity contribution in [2.24, 2.45) is 0 Å². The van der Waals surface area contributed by atoms with E-state index in [1.165, 1.54) is 0 Å². The zero-order valence-corrected chi connectivity index (χ0v) is 31.6. The van der Waals surface area contributed by atoms with E-state index < -0.39 is 27.1 Å². The Morgan fingerprint density at radius 2 is 0.682 bits per heavy atom. The minimum Gasteiger partial charge on any atom is 0 e. The van der Waals surface area contributed by atoms with Crippen molar-refractivity contribution < 1.29 is 24.3 Å². The third kappa shape index (κ3) is 5.61. The molecule has 0 bridgehead atoms. The van der Waals surface area contributed by atoms with E-state index in [1.807, 2.05) is 97.1 Å². The molecule has 0 heterocycles. The molecule has 44 heavy (non-hydrogen) atoms. The van der Waals surface area contributed by atoms with Crippen LogP contribution in [0, 0.1) is 0 Å². The fraction of sp³-hybridized carbons (Fsp3) is 0. The predicted octanol–water partition coefficient (Wildman–Crippen LogP) is 6.03. The Kier molecular flexibility index (Phi) is 10.8. The summed E-state index contributed by atoms with van der Waals surface area (Å²) in [6, 6.07) is 55.2. The standard InChI is InChI=1S/C37H29As2Cl3O.Rh/c40-34-27-26-33(35(41)36(34)42)39(31-22-12-4-13-23-31,32-24-14-5-15-25-32)37(43)38(28-16-6-1-7-17-28,29-18-8-2-9-19-29)30-20-10-3-11-21-30;/h1-27,38-39H;. The fourth-order valence-corrected chi connectivity index (χ4v) is 40.7. The number of halogens is 3. The molecule has 0 saturated heterocycles. The van der Waals surface area contributed by atoms with Gasteiger partial charge in [0.05, 0.1) is 0 Å². The molecule has 0 aliphatic heterocycles. The summed E-state index contributed by atoms with van der Waals surface area (Å²) in [5.74, 6) is 0. The third-order valence-corrected chi connectivity index (χ3v) is 36.0. The van der Waals surface area contributed by atoms with E-state index in [0.29, 0.717) is 10.0 Å². The molecule has 1 radical (unpaired) electrons. The molecule has 6 aromatic rings. The molecule has 0 atom stereocenters. The second-order valence-electron chi connectivity index (χ2n) is 10.4. The van der Waals surface area contributed by atoms with Crippen molar-refractivity contribution >= 4 is 91.4 Å². The molecular formula is C37H29As2Cl3ORh. The summed E-state index contributed by atoms with van der Waals surface area (Å²) >= 11 is 11.8. The molecule has 6 rings (SSSR count). The van der Waals surface area contributed by atoms with Crippen LogP contribution in [-0.4, -0.2) is 30.5 Å². The summed E-state index contributed by atoms with van der Waals surface area (Å²) in [7, 11) is 0. The van der Waals surface area contributed by atoms with Crippen molar-refractivity contribution in [2.75, 3.05) is 0 Å². The Labute approximate surface area is 291 Å². The summed E-state index contributed by atoms with van der Waals surface area (Å²) in [5, 5.41) is 0.982. The normalized spacial score (nSPS) is 12.2. The summed E-state index contributed by atoms with van der Waals surface area (Å²) in [6.07, 6.45) is 0. The van der Waals surface area contributed by atoms with E-state index in [0.717, 1.165) is 26.1 Å². The summed E-state index contributed by atoms with van der Waals surface area (Å²) in [5.41, 5.74) is 0. The Bertz CT molecular complexity index is 1720. The van der Waals surface area contributed by atoms with Gasteiger partial charge in [0.2, 0.25) is 0 Å². The maximum atomic E-state index is 16.7. The smallest absolute Gasteiger partial charge is 0 e. The van der Waals surface area contributed by atoms with Crippen LogP contribution in [0.25, 0.3) is 0 Å². The molecule has 0 aliphatic rings. The van der Waals surface area contributed by atoms with Crippen LogP contribution < -0.4 is 26.1 Å². The van der Waals surface area contributed by atoms with Crippen LogP contribution in [0.3, 0.4) is 0 Å². The van der Waals surface area contributed by atoms with Gasteiger partial charge in [0.15, 0.2) is 0 Å². The molecule has 1 nitrogen and oxygen atoms in total. The fourth-order valence-electron chi connectivity index (χ4n) is 6.29. The molecule has 6 aromatic carbocycles. The summed E-state index contributed by atoms with van der Waals surface area (Å²) < 4.78 is 6.28. The maximum absolute atomic E-state index is 16.7. The van der Waals surface area contributed by atoms with Gasteiger partial charge in [-0.3, -0.25) is 0 Å². The maximum Gasteiger partial charge on any atom is 0 e. The van der Waals surface area contributed by atoms with E-state index in [4.69, 9.17) is 34.8 Å². The first kappa shape index (κ1) is 33.0. The van der Waals surface area contributed by atoms with Crippen LogP contribution in [0.15, 0.2) is 164 Å². The topological polar surface area (TPSA) is 17.1 Å². The Morgan fingerprint density at radius 1 is 0.386 bits per heavy atom. The third-order valence-electron chi connectivity index (χ3n) is 8.15. The van der Waals surface area contributed by atoms with Crippen molar-refractivity contribution in [3.05, 3.63) is 179 Å². The van der Waals surface area contributed by atoms with Gasteiger partial charge in [-0.2, -0.15) is 0 Å². The second-order valence-corrected chi connectivity index (χ2v) is 29.1. The minimum atomic E-state index is -4.45. The van der Waals surface area contributed by atoms with Gasteiger partial charge in [-0.1, -0.05) is 0 Å². The molecule has 0 unspecified atom stereocenters. The molecule has 0 spiro atoms. The van der Waals surface area contributed by atoms with Gasteiger partial charge in [-0.15, -0.1) is 0 Å². The SMILES string of the molecule is O=C([AsH](c1ccccc1)(c1ccccc1)c1ccccc1)[AsH](c1ccccc1)(c1ccccc1)c1ccc(Cl)c(Cl)c1Cl.[Rh]. The molecular weight excluding hydrogens is 820 g/mol. The minimum absolute atomic E-state index is 0. The van der Waals surface area contributed by atoms with Gasteiger partial charge >= 0.3 is 275 Å². The van der Waals surface area contributed by atoms with Gasteiger partial charge in [-0.25, -0.2) is 0 Å². The Hall–Kier alpha value is -2.40. The Balaban J connectivity index is 0.00000384. The summed E-state index contributed by atoms with van der Waals surface area (Å²) in [6.45, 7) is 0. The molecule has 0 saturated carbocycles. The first-order valence-electron chi connectivity index (χ1n) is 14.0. The molecule has 0 aromatic heterocycles. The number of hydrogen-bond donors (Lipinski definition) is 0. The quantitative estimate of drug-likeness (QED) is 0.135. The van der Waals surface area contributed by atoms with Crippen molar-refractivity contribution in [1.29, 1.82) is 0 Å². The van der Waals surface area contributed by atoms with Gasteiger partial charge in [0.25, 0.3) is 0 Å². The van der Waals surface area contributed by atoms with Gasteiger partial charge in [-0.05, 0) is 0 Å². The van der Waals surface area contributed by atoms with Crippen molar-refractivity contribution in [2.45, 2.75) is 0 Å². The van der Waals surface area contributed by atoms with E-state index in [1.54, 1.807) is 6.07 Å². The van der Waals surface area contributed by atoms with Crippen LogP contribution in [0.1, 0.15) is 0 Å². The zero-order chi connectivity index (χ0) is 29.9. The molecule has 7 heteroatoms. The number of benzene rings is 6. The van der Waals surface area contributed by atoms with E-state index in [-0.39, 0.29) is 27.9 Å². The van der Waals surface area contributed by atoms with E-state index >= 15 is 4.79 Å². The first-order chi connectivity index (χ1) is 21.0. The van der Waals surface area contributed by atoms with E-state index in [2.05, 4.69) is 60.7 Å². The van der Waals surface area contributed by atoms with Crippen molar-refractivity contribution in [3.63, 3.8) is 0 Å². The average Bonchev–Trinajstić information content (AvgIpc) is 3.08. The van der Waals surface area contributed by atoms with Gasteiger partial charge in [0, 0.05) is 19.5 Å². The van der Waals surface area contributed by atoms with Gasteiger partial charge in [0.1, 0.15) is 0 Å². The van der Waals surface area contributed by atoms with Crippen molar-refractivity contribution in [1.82, 2.24) is 0 Å². The second kappa shape index (κ2) is 14.4. The number of carbonyl (C=O) groups excluding carboxylic acids is 1.